The second-order valence-electron chi connectivity index (χ2n) is 5.87. The number of hydrogen-bond acceptors (Lipinski definition) is 6. The van der Waals surface area contributed by atoms with Crippen LogP contribution in [0.4, 0.5) is 23.1 Å². The lowest BCUT2D eigenvalue weighted by molar-refractivity contribution is 0.416. The monoisotopic (exact) mass is 350 g/mol. The third kappa shape index (κ3) is 4.03. The van der Waals surface area contributed by atoms with Crippen molar-refractivity contribution in [3.8, 4) is 11.5 Å². The third-order valence-electron chi connectivity index (χ3n) is 3.83. The van der Waals surface area contributed by atoms with Gasteiger partial charge in [0, 0.05) is 11.8 Å². The maximum Gasteiger partial charge on any atom is 0.229 e. The van der Waals surface area contributed by atoms with E-state index in [0.29, 0.717) is 11.8 Å². The van der Waals surface area contributed by atoms with E-state index in [1.54, 1.807) is 14.2 Å². The second kappa shape index (κ2) is 7.74. The number of rotatable bonds is 6. The van der Waals surface area contributed by atoms with Gasteiger partial charge in [-0.1, -0.05) is 18.2 Å². The van der Waals surface area contributed by atoms with Gasteiger partial charge in [0.05, 0.1) is 25.6 Å². The summed E-state index contributed by atoms with van der Waals surface area (Å²) in [6.45, 7) is 3.96. The molecule has 6 heteroatoms. The smallest absolute Gasteiger partial charge is 0.229 e. The third-order valence-corrected chi connectivity index (χ3v) is 3.83. The molecule has 3 aromatic rings. The van der Waals surface area contributed by atoms with E-state index in [-0.39, 0.29) is 0 Å². The van der Waals surface area contributed by atoms with E-state index >= 15 is 0 Å². The molecule has 0 saturated carbocycles. The molecule has 0 aliphatic rings. The van der Waals surface area contributed by atoms with Crippen molar-refractivity contribution in [2.75, 3.05) is 24.9 Å². The fraction of sp³-hybridized carbons (Fsp3) is 0.200. The first-order valence-corrected chi connectivity index (χ1v) is 8.26. The second-order valence-corrected chi connectivity index (χ2v) is 5.87. The Morgan fingerprint density at radius 1 is 0.769 bits per heavy atom. The molecule has 1 heterocycles. The number of nitrogens with one attached hydrogen (secondary N) is 2. The summed E-state index contributed by atoms with van der Waals surface area (Å²) in [5.41, 5.74) is 3.63. The van der Waals surface area contributed by atoms with Gasteiger partial charge in [-0.2, -0.15) is 4.98 Å². The van der Waals surface area contributed by atoms with E-state index in [4.69, 9.17) is 9.47 Å². The van der Waals surface area contributed by atoms with Crippen LogP contribution in [-0.4, -0.2) is 24.2 Å². The van der Waals surface area contributed by atoms with Crippen LogP contribution in [0.3, 0.4) is 0 Å². The van der Waals surface area contributed by atoms with Crippen molar-refractivity contribution in [3.05, 3.63) is 59.8 Å². The SMILES string of the molecule is COc1ccc(C)cc1Nc1cc(C)nc(Nc2ccccc2OC)n1. The molecule has 0 amide bonds. The van der Waals surface area contributed by atoms with Gasteiger partial charge in [-0.25, -0.2) is 4.98 Å². The van der Waals surface area contributed by atoms with Crippen molar-refractivity contribution in [1.29, 1.82) is 0 Å². The van der Waals surface area contributed by atoms with Crippen molar-refractivity contribution in [1.82, 2.24) is 9.97 Å². The lowest BCUT2D eigenvalue weighted by atomic mass is 10.2. The highest BCUT2D eigenvalue weighted by Crippen LogP contribution is 2.29. The highest BCUT2D eigenvalue weighted by molar-refractivity contribution is 5.67. The molecule has 2 aromatic carbocycles. The van der Waals surface area contributed by atoms with Crippen molar-refractivity contribution in [2.24, 2.45) is 0 Å². The van der Waals surface area contributed by atoms with Gasteiger partial charge in [0.2, 0.25) is 5.95 Å². The van der Waals surface area contributed by atoms with Crippen molar-refractivity contribution in [2.45, 2.75) is 13.8 Å². The molecular weight excluding hydrogens is 328 g/mol. The lowest BCUT2D eigenvalue weighted by Crippen LogP contribution is -2.04. The normalized spacial score (nSPS) is 10.3. The Morgan fingerprint density at radius 2 is 1.50 bits per heavy atom. The molecule has 0 atom stereocenters. The van der Waals surface area contributed by atoms with Crippen LogP contribution in [0.2, 0.25) is 0 Å². The topological polar surface area (TPSA) is 68.3 Å². The van der Waals surface area contributed by atoms with E-state index in [1.807, 2.05) is 62.4 Å². The Balaban J connectivity index is 1.90. The summed E-state index contributed by atoms with van der Waals surface area (Å²) in [5, 5.41) is 6.52. The standard InChI is InChI=1S/C20H22N4O2/c1-13-9-10-18(26-4)16(11-13)22-19-12-14(2)21-20(24-19)23-15-7-5-6-8-17(15)25-3/h5-12H,1-4H3,(H2,21,22,23,24). The molecule has 0 bridgehead atoms. The molecular formula is C20H22N4O2. The van der Waals surface area contributed by atoms with Crippen molar-refractivity contribution < 1.29 is 9.47 Å². The Kier molecular flexibility index (Phi) is 5.22. The highest BCUT2D eigenvalue weighted by atomic mass is 16.5. The minimum atomic E-state index is 0.489. The highest BCUT2D eigenvalue weighted by Gasteiger charge is 2.09. The molecule has 26 heavy (non-hydrogen) atoms. The van der Waals surface area contributed by atoms with Crippen molar-refractivity contribution >= 4 is 23.1 Å². The molecule has 0 fully saturated rings. The minimum Gasteiger partial charge on any atom is -0.495 e. The molecule has 1 aromatic heterocycles. The number of hydrogen-bond donors (Lipinski definition) is 2. The zero-order chi connectivity index (χ0) is 18.5. The summed E-state index contributed by atoms with van der Waals surface area (Å²) in [6.07, 6.45) is 0. The molecule has 134 valence electrons. The van der Waals surface area contributed by atoms with Crippen LogP contribution < -0.4 is 20.1 Å². The van der Waals surface area contributed by atoms with Gasteiger partial charge < -0.3 is 20.1 Å². The van der Waals surface area contributed by atoms with Crippen molar-refractivity contribution in [3.63, 3.8) is 0 Å². The predicted molar refractivity (Wildman–Crippen MR) is 104 cm³/mol. The number of benzene rings is 2. The summed E-state index contributed by atoms with van der Waals surface area (Å²) in [6, 6.07) is 15.5. The van der Waals surface area contributed by atoms with Crippen LogP contribution in [0, 0.1) is 13.8 Å². The van der Waals surface area contributed by atoms with E-state index in [1.165, 1.54) is 0 Å². The molecule has 0 saturated heterocycles. The van der Waals surface area contributed by atoms with Crippen LogP contribution in [0.1, 0.15) is 11.3 Å². The van der Waals surface area contributed by atoms with Crippen LogP contribution in [0.25, 0.3) is 0 Å². The molecule has 3 rings (SSSR count). The number of anilines is 4. The molecule has 0 unspecified atom stereocenters. The average molecular weight is 350 g/mol. The number of para-hydroxylation sites is 2. The summed E-state index contributed by atoms with van der Waals surface area (Å²) in [4.78, 5) is 9.02. The fourth-order valence-corrected chi connectivity index (χ4v) is 2.61. The van der Waals surface area contributed by atoms with Gasteiger partial charge in [0.15, 0.2) is 0 Å². The van der Waals surface area contributed by atoms with Gasteiger partial charge in [-0.05, 0) is 43.7 Å². The summed E-state index contributed by atoms with van der Waals surface area (Å²) >= 11 is 0. The number of aromatic nitrogens is 2. The molecule has 0 spiro atoms. The Morgan fingerprint density at radius 3 is 2.27 bits per heavy atom. The largest absolute Gasteiger partial charge is 0.495 e. The Hall–Kier alpha value is -3.28. The summed E-state index contributed by atoms with van der Waals surface area (Å²) in [7, 11) is 3.28. The minimum absolute atomic E-state index is 0.489. The summed E-state index contributed by atoms with van der Waals surface area (Å²) in [5.74, 6) is 2.65. The maximum absolute atomic E-state index is 5.42. The van der Waals surface area contributed by atoms with E-state index in [0.717, 1.165) is 34.1 Å². The van der Waals surface area contributed by atoms with Crippen LogP contribution in [0.15, 0.2) is 48.5 Å². The Bertz CT molecular complexity index is 912. The Labute approximate surface area is 153 Å². The predicted octanol–water partition coefficient (Wildman–Crippen LogP) is 4.60. The van der Waals surface area contributed by atoms with Gasteiger partial charge in [0.25, 0.3) is 0 Å². The van der Waals surface area contributed by atoms with E-state index in [2.05, 4.69) is 20.6 Å². The van der Waals surface area contributed by atoms with E-state index in [9.17, 15) is 0 Å². The molecule has 6 nitrogen and oxygen atoms in total. The fourth-order valence-electron chi connectivity index (χ4n) is 2.61. The van der Waals surface area contributed by atoms with E-state index < -0.39 is 0 Å². The molecule has 0 aliphatic carbocycles. The zero-order valence-electron chi connectivity index (χ0n) is 15.3. The first-order valence-electron chi connectivity index (χ1n) is 8.26. The van der Waals surface area contributed by atoms with Crippen LogP contribution in [0.5, 0.6) is 11.5 Å². The zero-order valence-corrected chi connectivity index (χ0v) is 15.3. The van der Waals surface area contributed by atoms with Gasteiger partial charge in [0.1, 0.15) is 17.3 Å². The summed E-state index contributed by atoms with van der Waals surface area (Å²) < 4.78 is 10.8. The first kappa shape index (κ1) is 17.5. The maximum atomic E-state index is 5.42. The molecule has 0 aliphatic heterocycles. The quantitative estimate of drug-likeness (QED) is 0.677. The number of aryl methyl sites for hydroxylation is 2. The number of ether oxygens (including phenoxy) is 2. The van der Waals surface area contributed by atoms with Crippen LogP contribution >= 0.6 is 0 Å². The number of methoxy groups -OCH3 is 2. The first-order chi connectivity index (χ1) is 12.6. The lowest BCUT2D eigenvalue weighted by Gasteiger charge is -2.14. The van der Waals surface area contributed by atoms with Crippen LogP contribution in [-0.2, 0) is 0 Å². The molecule has 0 radical (unpaired) electrons. The average Bonchev–Trinajstić information content (AvgIpc) is 2.62. The van der Waals surface area contributed by atoms with Gasteiger partial charge >= 0.3 is 0 Å². The van der Waals surface area contributed by atoms with Gasteiger partial charge in [-0.3, -0.25) is 0 Å². The van der Waals surface area contributed by atoms with Gasteiger partial charge in [-0.15, -0.1) is 0 Å². The number of nitrogens with zero attached hydrogens (tertiary/aromatic N) is 2. The molecule has 2 N–H and O–H groups in total.